The maximum Gasteiger partial charge on any atom is 0.410 e. The third-order valence-corrected chi connectivity index (χ3v) is 4.89. The van der Waals surface area contributed by atoms with Gasteiger partial charge in [0, 0.05) is 31.1 Å². The number of likely N-dealkylation sites (tertiary alicyclic amines) is 1. The molecule has 8 nitrogen and oxygen atoms in total. The molecule has 0 radical (unpaired) electrons. The highest BCUT2D eigenvalue weighted by Gasteiger charge is 2.30. The van der Waals surface area contributed by atoms with Gasteiger partial charge in [0.1, 0.15) is 5.60 Å². The Hall–Kier alpha value is -2.42. The monoisotopic (exact) mass is 379 g/mol. The second-order valence-electron chi connectivity index (χ2n) is 7.28. The van der Waals surface area contributed by atoms with E-state index in [4.69, 9.17) is 9.47 Å². The largest absolute Gasteiger partial charge is 0.470 e. The van der Waals surface area contributed by atoms with Crippen LogP contribution >= 0.6 is 11.3 Å². The predicted molar refractivity (Wildman–Crippen MR) is 97.7 cm³/mol. The zero-order chi connectivity index (χ0) is 18.9. The summed E-state index contributed by atoms with van der Waals surface area (Å²) in [5.74, 6) is 0.212. The molecule has 1 amide bonds. The third kappa shape index (κ3) is 4.40. The predicted octanol–water partition coefficient (Wildman–Crippen LogP) is 3.84. The number of nitrogens with zero attached hydrogens (tertiary/aromatic N) is 3. The number of rotatable bonds is 4. The standard InChI is InChI=1S/C17H21N3O5S/c1-17(2,3)25-16(21)19-7-6-11(9-19)10-24-15-18-13-8-12(20(22)23)4-5-14(13)26-15/h4-5,8,11H,6-7,9-10H2,1-3H3/t11-/m1/s1. The van der Waals surface area contributed by atoms with Crippen molar-refractivity contribution in [2.75, 3.05) is 19.7 Å². The summed E-state index contributed by atoms with van der Waals surface area (Å²) in [5.41, 5.74) is 0.0640. The summed E-state index contributed by atoms with van der Waals surface area (Å²) in [6.45, 7) is 7.22. The summed E-state index contributed by atoms with van der Waals surface area (Å²) >= 11 is 1.35. The Labute approximate surface area is 154 Å². The van der Waals surface area contributed by atoms with Crippen molar-refractivity contribution >= 4 is 33.3 Å². The lowest BCUT2D eigenvalue weighted by Gasteiger charge is -2.24. The topological polar surface area (TPSA) is 94.8 Å². The second-order valence-corrected chi connectivity index (χ2v) is 8.27. The molecular weight excluding hydrogens is 358 g/mol. The molecule has 0 spiro atoms. The molecule has 2 aromatic rings. The molecule has 9 heteroatoms. The molecule has 0 unspecified atom stereocenters. The lowest BCUT2D eigenvalue weighted by Crippen LogP contribution is -2.35. The first-order valence-corrected chi connectivity index (χ1v) is 9.18. The molecule has 1 fully saturated rings. The Morgan fingerprint density at radius 3 is 2.92 bits per heavy atom. The summed E-state index contributed by atoms with van der Waals surface area (Å²) < 4.78 is 12.0. The van der Waals surface area contributed by atoms with E-state index in [0.29, 0.717) is 30.4 Å². The maximum absolute atomic E-state index is 12.1. The number of carbonyl (C=O) groups excluding carboxylic acids is 1. The molecular formula is C17H21N3O5S. The van der Waals surface area contributed by atoms with E-state index in [-0.39, 0.29) is 17.7 Å². The Balaban J connectivity index is 1.56. The van der Waals surface area contributed by atoms with E-state index in [0.717, 1.165) is 11.1 Å². The number of hydrogen-bond donors (Lipinski definition) is 0. The molecule has 1 atom stereocenters. The summed E-state index contributed by atoms with van der Waals surface area (Å²) in [6.07, 6.45) is 0.544. The van der Waals surface area contributed by atoms with Crippen LogP contribution in [-0.4, -0.2) is 46.2 Å². The van der Waals surface area contributed by atoms with Crippen LogP contribution in [0.4, 0.5) is 10.5 Å². The van der Waals surface area contributed by atoms with E-state index >= 15 is 0 Å². The van der Waals surface area contributed by atoms with Crippen molar-refractivity contribution in [1.82, 2.24) is 9.88 Å². The number of carbonyl (C=O) groups is 1. The Morgan fingerprint density at radius 2 is 2.23 bits per heavy atom. The first-order chi connectivity index (χ1) is 12.2. The fourth-order valence-electron chi connectivity index (χ4n) is 2.72. The van der Waals surface area contributed by atoms with Crippen molar-refractivity contribution in [2.45, 2.75) is 32.8 Å². The molecule has 0 saturated carbocycles. The second kappa shape index (κ2) is 7.06. The summed E-state index contributed by atoms with van der Waals surface area (Å²) in [6, 6.07) is 4.58. The van der Waals surface area contributed by atoms with Crippen molar-refractivity contribution < 1.29 is 19.2 Å². The highest BCUT2D eigenvalue weighted by molar-refractivity contribution is 7.20. The number of fused-ring (bicyclic) bond motifs is 1. The molecule has 1 aliphatic rings. The van der Waals surface area contributed by atoms with Crippen molar-refractivity contribution in [3.8, 4) is 5.19 Å². The molecule has 1 aromatic carbocycles. The molecule has 1 aromatic heterocycles. The number of nitro benzene ring substituents is 1. The fraction of sp³-hybridized carbons (Fsp3) is 0.529. The van der Waals surface area contributed by atoms with Crippen LogP contribution in [-0.2, 0) is 4.74 Å². The number of thiazole rings is 1. The minimum Gasteiger partial charge on any atom is -0.470 e. The number of non-ortho nitro benzene ring substituents is 1. The van der Waals surface area contributed by atoms with Crippen molar-refractivity contribution in [3.63, 3.8) is 0 Å². The van der Waals surface area contributed by atoms with Crippen molar-refractivity contribution in [1.29, 1.82) is 0 Å². The zero-order valence-corrected chi connectivity index (χ0v) is 15.7. The maximum atomic E-state index is 12.1. The highest BCUT2D eigenvalue weighted by atomic mass is 32.1. The highest BCUT2D eigenvalue weighted by Crippen LogP contribution is 2.31. The zero-order valence-electron chi connectivity index (χ0n) is 14.9. The smallest absolute Gasteiger partial charge is 0.410 e. The minimum atomic E-state index is -0.505. The SMILES string of the molecule is CC(C)(C)OC(=O)N1CC[C@@H](COc2nc3cc([N+](=O)[O-])ccc3s2)C1. The van der Waals surface area contributed by atoms with Crippen LogP contribution in [0, 0.1) is 16.0 Å². The average Bonchev–Trinajstić information content (AvgIpc) is 3.17. The number of hydrogen-bond acceptors (Lipinski definition) is 7. The summed E-state index contributed by atoms with van der Waals surface area (Å²) in [7, 11) is 0. The van der Waals surface area contributed by atoms with Crippen molar-refractivity contribution in [3.05, 3.63) is 28.3 Å². The average molecular weight is 379 g/mol. The van der Waals surface area contributed by atoms with Crippen LogP contribution in [0.3, 0.4) is 0 Å². The fourth-order valence-corrected chi connectivity index (χ4v) is 3.52. The van der Waals surface area contributed by atoms with Crippen LogP contribution in [0.1, 0.15) is 27.2 Å². The van der Waals surface area contributed by atoms with Crippen LogP contribution in [0.25, 0.3) is 10.2 Å². The van der Waals surface area contributed by atoms with E-state index in [2.05, 4.69) is 4.98 Å². The van der Waals surface area contributed by atoms with Crippen LogP contribution < -0.4 is 4.74 Å². The van der Waals surface area contributed by atoms with Crippen LogP contribution in [0.2, 0.25) is 0 Å². The number of ether oxygens (including phenoxy) is 2. The van der Waals surface area contributed by atoms with Gasteiger partial charge in [-0.1, -0.05) is 11.3 Å². The van der Waals surface area contributed by atoms with Gasteiger partial charge in [-0.15, -0.1) is 0 Å². The first-order valence-electron chi connectivity index (χ1n) is 8.37. The molecule has 2 heterocycles. The number of benzene rings is 1. The van der Waals surface area contributed by atoms with Gasteiger partial charge in [0.25, 0.3) is 10.9 Å². The Kier molecular flexibility index (Phi) is 4.99. The van der Waals surface area contributed by atoms with Gasteiger partial charge < -0.3 is 14.4 Å². The van der Waals surface area contributed by atoms with Gasteiger partial charge in [0.15, 0.2) is 0 Å². The number of nitro groups is 1. The number of amides is 1. The minimum absolute atomic E-state index is 0.0122. The van der Waals surface area contributed by atoms with Crippen LogP contribution in [0.5, 0.6) is 5.19 Å². The normalized spacial score (nSPS) is 17.5. The molecule has 1 aliphatic heterocycles. The van der Waals surface area contributed by atoms with E-state index in [1.165, 1.54) is 23.5 Å². The van der Waals surface area contributed by atoms with Gasteiger partial charge in [0.05, 0.1) is 21.7 Å². The van der Waals surface area contributed by atoms with Gasteiger partial charge in [-0.05, 0) is 33.3 Å². The summed E-state index contributed by atoms with van der Waals surface area (Å²) in [5, 5.41) is 11.3. The molecule has 0 bridgehead atoms. The van der Waals surface area contributed by atoms with Crippen molar-refractivity contribution in [2.24, 2.45) is 5.92 Å². The molecule has 26 heavy (non-hydrogen) atoms. The van der Waals surface area contributed by atoms with Gasteiger partial charge >= 0.3 is 6.09 Å². The quantitative estimate of drug-likeness (QED) is 0.592. The van der Waals surface area contributed by atoms with Gasteiger partial charge in [-0.25, -0.2) is 9.78 Å². The van der Waals surface area contributed by atoms with E-state index < -0.39 is 10.5 Å². The van der Waals surface area contributed by atoms with E-state index in [1.54, 1.807) is 11.0 Å². The van der Waals surface area contributed by atoms with Crippen LogP contribution in [0.15, 0.2) is 18.2 Å². The molecule has 0 N–H and O–H groups in total. The van der Waals surface area contributed by atoms with Gasteiger partial charge in [0.2, 0.25) is 0 Å². The Morgan fingerprint density at radius 1 is 1.46 bits per heavy atom. The molecule has 0 aliphatic carbocycles. The summed E-state index contributed by atoms with van der Waals surface area (Å²) in [4.78, 5) is 28.5. The number of aromatic nitrogens is 1. The van der Waals surface area contributed by atoms with Gasteiger partial charge in [-0.3, -0.25) is 10.1 Å². The lowest BCUT2D eigenvalue weighted by atomic mass is 10.1. The van der Waals surface area contributed by atoms with E-state index in [9.17, 15) is 14.9 Å². The third-order valence-electron chi connectivity index (χ3n) is 3.94. The molecule has 3 rings (SSSR count). The first kappa shape index (κ1) is 18.4. The molecule has 1 saturated heterocycles. The Bertz CT molecular complexity index is 829. The van der Waals surface area contributed by atoms with Gasteiger partial charge in [-0.2, -0.15) is 0 Å². The lowest BCUT2D eigenvalue weighted by molar-refractivity contribution is -0.384. The molecule has 140 valence electrons. The van der Waals surface area contributed by atoms with E-state index in [1.807, 2.05) is 20.8 Å².